The molecule has 0 heterocycles. The van der Waals surface area contributed by atoms with Gasteiger partial charge in [0.1, 0.15) is 5.75 Å². The summed E-state index contributed by atoms with van der Waals surface area (Å²) in [5.74, 6) is 2.41. The molecule has 1 saturated carbocycles. The Bertz CT molecular complexity index is 495. The molecule has 0 N–H and O–H groups in total. The van der Waals surface area contributed by atoms with Crippen LogP contribution in [0.3, 0.4) is 0 Å². The van der Waals surface area contributed by atoms with Gasteiger partial charge < -0.3 is 4.74 Å². The Morgan fingerprint density at radius 2 is 1.33 bits per heavy atom. The second-order valence-corrected chi connectivity index (χ2v) is 5.05. The Balaban J connectivity index is 1.64. The van der Waals surface area contributed by atoms with Gasteiger partial charge in [0.15, 0.2) is 0 Å². The van der Waals surface area contributed by atoms with Crippen LogP contribution in [0.5, 0.6) is 5.75 Å². The first-order valence-electron chi connectivity index (χ1n) is 6.55. The van der Waals surface area contributed by atoms with E-state index in [4.69, 9.17) is 4.74 Å². The highest BCUT2D eigenvalue weighted by atomic mass is 16.5. The molecule has 0 saturated heterocycles. The molecule has 0 bridgehead atoms. The van der Waals surface area contributed by atoms with Crippen LogP contribution in [0.2, 0.25) is 0 Å². The van der Waals surface area contributed by atoms with E-state index in [1.165, 1.54) is 24.0 Å². The van der Waals surface area contributed by atoms with Gasteiger partial charge in [-0.25, -0.2) is 0 Å². The molecule has 92 valence electrons. The lowest BCUT2D eigenvalue weighted by Gasteiger charge is -2.36. The summed E-state index contributed by atoms with van der Waals surface area (Å²) in [6.07, 6.45) is 2.55. The maximum Gasteiger partial charge on any atom is 0.118 e. The first-order valence-corrected chi connectivity index (χ1v) is 6.55. The van der Waals surface area contributed by atoms with Crippen molar-refractivity contribution in [2.75, 3.05) is 7.11 Å². The quantitative estimate of drug-likeness (QED) is 0.772. The van der Waals surface area contributed by atoms with Gasteiger partial charge in [-0.05, 0) is 47.9 Å². The average Bonchev–Trinajstić information content (AvgIpc) is 2.39. The van der Waals surface area contributed by atoms with Gasteiger partial charge in [-0.2, -0.15) is 0 Å². The van der Waals surface area contributed by atoms with Crippen LogP contribution in [-0.4, -0.2) is 7.11 Å². The SMILES string of the molecule is COc1ccc(C2CC(c3ccccc3)C2)cc1. The van der Waals surface area contributed by atoms with E-state index < -0.39 is 0 Å². The fourth-order valence-corrected chi connectivity index (χ4v) is 2.76. The molecular weight excluding hydrogens is 220 g/mol. The second kappa shape index (κ2) is 4.85. The zero-order valence-electron chi connectivity index (χ0n) is 10.7. The van der Waals surface area contributed by atoms with Crippen LogP contribution >= 0.6 is 0 Å². The summed E-state index contributed by atoms with van der Waals surface area (Å²) < 4.78 is 5.19. The monoisotopic (exact) mass is 238 g/mol. The molecule has 18 heavy (non-hydrogen) atoms. The minimum atomic E-state index is 0.723. The first-order chi connectivity index (χ1) is 8.86. The molecular formula is C17H18O. The fourth-order valence-electron chi connectivity index (χ4n) is 2.76. The van der Waals surface area contributed by atoms with E-state index in [0.717, 1.165) is 17.6 Å². The summed E-state index contributed by atoms with van der Waals surface area (Å²) >= 11 is 0. The van der Waals surface area contributed by atoms with Crippen LogP contribution in [0.15, 0.2) is 54.6 Å². The third-order valence-corrected chi connectivity index (χ3v) is 4.00. The molecule has 2 aromatic rings. The molecule has 1 aliphatic rings. The molecule has 2 aromatic carbocycles. The molecule has 1 aliphatic carbocycles. The van der Waals surface area contributed by atoms with Crippen molar-refractivity contribution >= 4 is 0 Å². The molecule has 0 radical (unpaired) electrons. The molecule has 1 nitrogen and oxygen atoms in total. The normalized spacial score (nSPS) is 22.3. The lowest BCUT2D eigenvalue weighted by atomic mass is 9.68. The smallest absolute Gasteiger partial charge is 0.118 e. The number of rotatable bonds is 3. The molecule has 1 heteroatoms. The van der Waals surface area contributed by atoms with Crippen molar-refractivity contribution in [1.82, 2.24) is 0 Å². The van der Waals surface area contributed by atoms with Gasteiger partial charge >= 0.3 is 0 Å². The number of hydrogen-bond donors (Lipinski definition) is 0. The van der Waals surface area contributed by atoms with Crippen molar-refractivity contribution in [3.8, 4) is 5.75 Å². The van der Waals surface area contributed by atoms with E-state index in [-0.39, 0.29) is 0 Å². The van der Waals surface area contributed by atoms with Crippen LogP contribution in [0.4, 0.5) is 0 Å². The zero-order chi connectivity index (χ0) is 12.4. The summed E-state index contributed by atoms with van der Waals surface area (Å²) in [5, 5.41) is 0. The van der Waals surface area contributed by atoms with Gasteiger partial charge in [-0.3, -0.25) is 0 Å². The summed E-state index contributed by atoms with van der Waals surface area (Å²) in [7, 11) is 1.71. The molecule has 0 aliphatic heterocycles. The first kappa shape index (κ1) is 11.3. The second-order valence-electron chi connectivity index (χ2n) is 5.05. The third-order valence-electron chi connectivity index (χ3n) is 4.00. The van der Waals surface area contributed by atoms with Gasteiger partial charge in [0.25, 0.3) is 0 Å². The minimum absolute atomic E-state index is 0.723. The van der Waals surface area contributed by atoms with Gasteiger partial charge in [0.2, 0.25) is 0 Å². The predicted octanol–water partition coefficient (Wildman–Crippen LogP) is 4.36. The number of hydrogen-bond acceptors (Lipinski definition) is 1. The molecule has 0 amide bonds. The highest BCUT2D eigenvalue weighted by Crippen LogP contribution is 2.47. The van der Waals surface area contributed by atoms with Gasteiger partial charge in [-0.1, -0.05) is 42.5 Å². The van der Waals surface area contributed by atoms with Gasteiger partial charge in [0.05, 0.1) is 7.11 Å². The van der Waals surface area contributed by atoms with Crippen LogP contribution in [-0.2, 0) is 0 Å². The minimum Gasteiger partial charge on any atom is -0.497 e. The lowest BCUT2D eigenvalue weighted by Crippen LogP contribution is -2.19. The van der Waals surface area contributed by atoms with Crippen molar-refractivity contribution in [3.63, 3.8) is 0 Å². The van der Waals surface area contributed by atoms with E-state index in [2.05, 4.69) is 54.6 Å². The molecule has 0 atom stereocenters. The van der Waals surface area contributed by atoms with Gasteiger partial charge in [-0.15, -0.1) is 0 Å². The Morgan fingerprint density at radius 1 is 0.778 bits per heavy atom. The van der Waals surface area contributed by atoms with Crippen LogP contribution in [0, 0.1) is 0 Å². The number of ether oxygens (including phenoxy) is 1. The summed E-state index contributed by atoms with van der Waals surface area (Å²) in [4.78, 5) is 0. The highest BCUT2D eigenvalue weighted by Gasteiger charge is 2.30. The van der Waals surface area contributed by atoms with E-state index in [9.17, 15) is 0 Å². The predicted molar refractivity (Wildman–Crippen MR) is 74.2 cm³/mol. The Morgan fingerprint density at radius 3 is 1.89 bits per heavy atom. The molecule has 0 aromatic heterocycles. The molecule has 0 spiro atoms. The van der Waals surface area contributed by atoms with Crippen LogP contribution in [0.25, 0.3) is 0 Å². The maximum atomic E-state index is 5.19. The topological polar surface area (TPSA) is 9.23 Å². The summed E-state index contributed by atoms with van der Waals surface area (Å²) in [6, 6.07) is 19.4. The molecule has 3 rings (SSSR count). The van der Waals surface area contributed by atoms with Crippen molar-refractivity contribution in [3.05, 3.63) is 65.7 Å². The third kappa shape index (κ3) is 2.13. The van der Waals surface area contributed by atoms with Crippen molar-refractivity contribution in [2.45, 2.75) is 24.7 Å². The lowest BCUT2D eigenvalue weighted by molar-refractivity contribution is 0.351. The van der Waals surface area contributed by atoms with E-state index in [1.807, 2.05) is 0 Å². The highest BCUT2D eigenvalue weighted by molar-refractivity contribution is 5.33. The van der Waals surface area contributed by atoms with Crippen molar-refractivity contribution < 1.29 is 4.74 Å². The largest absolute Gasteiger partial charge is 0.497 e. The zero-order valence-corrected chi connectivity index (χ0v) is 10.7. The summed E-state index contributed by atoms with van der Waals surface area (Å²) in [5.41, 5.74) is 2.94. The number of benzene rings is 2. The van der Waals surface area contributed by atoms with Crippen LogP contribution < -0.4 is 4.74 Å². The fraction of sp³-hybridized carbons (Fsp3) is 0.294. The number of methoxy groups -OCH3 is 1. The average molecular weight is 238 g/mol. The summed E-state index contributed by atoms with van der Waals surface area (Å²) in [6.45, 7) is 0. The Labute approximate surface area is 108 Å². The Hall–Kier alpha value is -1.76. The molecule has 1 fully saturated rings. The van der Waals surface area contributed by atoms with E-state index in [1.54, 1.807) is 7.11 Å². The van der Waals surface area contributed by atoms with E-state index >= 15 is 0 Å². The standard InChI is InChI=1S/C17H18O/c1-18-17-9-7-14(8-10-17)16-11-15(12-16)13-5-3-2-4-6-13/h2-10,15-16H,11-12H2,1H3. The van der Waals surface area contributed by atoms with Gasteiger partial charge in [0, 0.05) is 0 Å². The Kier molecular flexibility index (Phi) is 3.06. The van der Waals surface area contributed by atoms with E-state index in [0.29, 0.717) is 0 Å². The maximum absolute atomic E-state index is 5.19. The van der Waals surface area contributed by atoms with Crippen molar-refractivity contribution in [2.24, 2.45) is 0 Å². The van der Waals surface area contributed by atoms with Crippen LogP contribution in [0.1, 0.15) is 35.8 Å². The molecule has 0 unspecified atom stereocenters. The van der Waals surface area contributed by atoms with Crippen molar-refractivity contribution in [1.29, 1.82) is 0 Å².